The van der Waals surface area contributed by atoms with Crippen LogP contribution in [0.15, 0.2) is 30.5 Å². The van der Waals surface area contributed by atoms with Crippen LogP contribution in [0.1, 0.15) is 79.5 Å². The van der Waals surface area contributed by atoms with Gasteiger partial charge in [0.05, 0.1) is 17.0 Å². The number of hydrogen-bond acceptors (Lipinski definition) is 9. The van der Waals surface area contributed by atoms with Crippen molar-refractivity contribution in [2.75, 3.05) is 23.7 Å². The Labute approximate surface area is 239 Å². The summed E-state index contributed by atoms with van der Waals surface area (Å²) >= 11 is 1.43. The van der Waals surface area contributed by atoms with Crippen LogP contribution in [0.25, 0.3) is 11.3 Å². The van der Waals surface area contributed by atoms with Crippen LogP contribution in [0.4, 0.5) is 15.7 Å². The lowest BCUT2D eigenvalue weighted by atomic mass is 10.1. The van der Waals surface area contributed by atoms with Crippen LogP contribution >= 0.6 is 11.3 Å². The fourth-order valence-corrected chi connectivity index (χ4v) is 4.54. The van der Waals surface area contributed by atoms with Crippen LogP contribution in [0.2, 0.25) is 0 Å². The number of nitriles is 1. The first kappa shape index (κ1) is 30.5. The van der Waals surface area contributed by atoms with Gasteiger partial charge in [0.2, 0.25) is 0 Å². The maximum atomic E-state index is 13.1. The van der Waals surface area contributed by atoms with Crippen molar-refractivity contribution in [2.45, 2.75) is 72.3 Å². The normalized spacial score (nSPS) is 11.0. The van der Waals surface area contributed by atoms with E-state index in [0.29, 0.717) is 41.0 Å². The molecule has 0 aliphatic rings. The highest BCUT2D eigenvalue weighted by atomic mass is 32.1. The third-order valence-corrected chi connectivity index (χ3v) is 6.87. The summed E-state index contributed by atoms with van der Waals surface area (Å²) < 4.78 is 5.24. The topological polar surface area (TPSA) is 142 Å². The highest BCUT2D eigenvalue weighted by Crippen LogP contribution is 2.25. The van der Waals surface area contributed by atoms with E-state index in [9.17, 15) is 9.59 Å². The molecule has 0 radical (unpaired) electrons. The first-order valence-electron chi connectivity index (χ1n) is 13.4. The van der Waals surface area contributed by atoms with Gasteiger partial charge in [-0.25, -0.2) is 19.7 Å². The Hall–Kier alpha value is -4.04. The molecule has 10 nitrogen and oxygen atoms in total. The van der Waals surface area contributed by atoms with Crippen molar-refractivity contribution in [3.8, 4) is 17.3 Å². The number of hydrogen-bond donors (Lipinski definition) is 3. The lowest BCUT2D eigenvalue weighted by molar-refractivity contribution is 0.0526. The van der Waals surface area contributed by atoms with Gasteiger partial charge in [-0.05, 0) is 71.7 Å². The predicted molar refractivity (Wildman–Crippen MR) is 158 cm³/mol. The van der Waals surface area contributed by atoms with Crippen LogP contribution in [0.3, 0.4) is 0 Å². The molecule has 3 aromatic rings. The molecule has 3 heterocycles. The van der Waals surface area contributed by atoms with Crippen LogP contribution in [0, 0.1) is 25.2 Å². The number of pyridine rings is 2. The van der Waals surface area contributed by atoms with Crippen LogP contribution in [-0.4, -0.2) is 45.6 Å². The molecule has 0 atom stereocenters. The first-order valence-corrected chi connectivity index (χ1v) is 14.2. The molecule has 212 valence electrons. The minimum Gasteiger partial charge on any atom is -0.444 e. The van der Waals surface area contributed by atoms with Crippen LogP contribution < -0.4 is 16.0 Å². The Bertz CT molecular complexity index is 1320. The SMILES string of the molecule is Cc1nc(NC(=O)c2ccc(-c3ccc(C#N)nc3)nc2NCCCCCCCNC(=O)OC(C)(C)C)sc1C. The summed E-state index contributed by atoms with van der Waals surface area (Å²) in [7, 11) is 0. The quantitative estimate of drug-likeness (QED) is 0.220. The largest absolute Gasteiger partial charge is 0.444 e. The van der Waals surface area contributed by atoms with Gasteiger partial charge in [-0.2, -0.15) is 5.26 Å². The van der Waals surface area contributed by atoms with E-state index in [1.165, 1.54) is 11.3 Å². The summed E-state index contributed by atoms with van der Waals surface area (Å²) in [5.41, 5.74) is 2.54. The van der Waals surface area contributed by atoms with Gasteiger partial charge in [0.1, 0.15) is 23.2 Å². The lowest BCUT2D eigenvalue weighted by Gasteiger charge is -2.19. The van der Waals surface area contributed by atoms with E-state index in [4.69, 9.17) is 15.0 Å². The van der Waals surface area contributed by atoms with E-state index >= 15 is 0 Å². The Morgan fingerprint density at radius 2 is 1.73 bits per heavy atom. The molecule has 0 saturated carbocycles. The van der Waals surface area contributed by atoms with E-state index < -0.39 is 5.60 Å². The summed E-state index contributed by atoms with van der Waals surface area (Å²) in [4.78, 5) is 39.2. The van der Waals surface area contributed by atoms with Gasteiger partial charge in [-0.1, -0.05) is 19.3 Å². The summed E-state index contributed by atoms with van der Waals surface area (Å²) in [5.74, 6) is 0.191. The molecule has 0 unspecified atom stereocenters. The Morgan fingerprint density at radius 3 is 2.35 bits per heavy atom. The van der Waals surface area contributed by atoms with Gasteiger partial charge in [-0.3, -0.25) is 10.1 Å². The number of ether oxygens (including phenoxy) is 1. The third-order valence-electron chi connectivity index (χ3n) is 5.88. The predicted octanol–water partition coefficient (Wildman–Crippen LogP) is 6.23. The molecule has 0 aliphatic carbocycles. The molecule has 0 aromatic carbocycles. The number of carbonyl (C=O) groups excluding carboxylic acids is 2. The van der Waals surface area contributed by atoms with E-state index in [1.54, 1.807) is 30.5 Å². The van der Waals surface area contributed by atoms with Crippen molar-refractivity contribution in [2.24, 2.45) is 0 Å². The summed E-state index contributed by atoms with van der Waals surface area (Å²) in [5, 5.41) is 18.6. The fourth-order valence-electron chi connectivity index (χ4n) is 3.73. The summed E-state index contributed by atoms with van der Waals surface area (Å²) in [6.07, 6.45) is 6.02. The van der Waals surface area contributed by atoms with Crippen molar-refractivity contribution in [3.63, 3.8) is 0 Å². The Morgan fingerprint density at radius 1 is 1.00 bits per heavy atom. The van der Waals surface area contributed by atoms with Crippen molar-refractivity contribution < 1.29 is 14.3 Å². The number of nitrogens with zero attached hydrogens (tertiary/aromatic N) is 4. The second-order valence-electron chi connectivity index (χ2n) is 10.4. The smallest absolute Gasteiger partial charge is 0.407 e. The van der Waals surface area contributed by atoms with Crippen LogP contribution in [-0.2, 0) is 4.74 Å². The lowest BCUT2D eigenvalue weighted by Crippen LogP contribution is -2.32. The number of rotatable bonds is 12. The molecule has 0 fully saturated rings. The average Bonchev–Trinajstić information content (AvgIpc) is 3.22. The van der Waals surface area contributed by atoms with Crippen molar-refractivity contribution in [1.29, 1.82) is 5.26 Å². The number of anilines is 2. The molecule has 40 heavy (non-hydrogen) atoms. The fraction of sp³-hybridized carbons (Fsp3) is 0.448. The van der Waals surface area contributed by atoms with E-state index in [1.807, 2.05) is 40.7 Å². The number of unbranched alkanes of at least 4 members (excludes halogenated alkanes) is 4. The molecular formula is C29H37N7O3S. The Balaban J connectivity index is 1.56. The second-order valence-corrected chi connectivity index (χ2v) is 11.6. The molecule has 2 amide bonds. The molecule has 11 heteroatoms. The zero-order valence-corrected chi connectivity index (χ0v) is 24.6. The molecule has 0 aliphatic heterocycles. The number of thiazole rings is 1. The van der Waals surface area contributed by atoms with E-state index in [0.717, 1.165) is 48.2 Å². The first-order chi connectivity index (χ1) is 19.1. The van der Waals surface area contributed by atoms with Gasteiger partial charge in [-0.15, -0.1) is 11.3 Å². The third kappa shape index (κ3) is 9.61. The van der Waals surface area contributed by atoms with Crippen molar-refractivity contribution in [1.82, 2.24) is 20.3 Å². The number of amides is 2. The molecular weight excluding hydrogens is 526 g/mol. The highest BCUT2D eigenvalue weighted by Gasteiger charge is 2.17. The zero-order valence-electron chi connectivity index (χ0n) is 23.8. The maximum Gasteiger partial charge on any atom is 0.407 e. The molecule has 3 N–H and O–H groups in total. The Kier molecular flexibility index (Phi) is 11.0. The maximum absolute atomic E-state index is 13.1. The molecule has 0 bridgehead atoms. The summed E-state index contributed by atoms with van der Waals surface area (Å²) in [6, 6.07) is 8.95. The van der Waals surface area contributed by atoms with E-state index in [-0.39, 0.29) is 12.0 Å². The minimum absolute atomic E-state index is 0.286. The van der Waals surface area contributed by atoms with Gasteiger partial charge < -0.3 is 15.4 Å². The standard InChI is InChI=1S/C29H37N7O3S/c1-19-20(2)40-27(34-19)36-26(37)23-13-14-24(21-11-12-22(17-30)33-18-21)35-25(23)31-15-9-7-6-8-10-16-32-28(38)39-29(3,4)5/h11-14,18H,6-10,15-16H2,1-5H3,(H,31,35)(H,32,38)(H,34,36,37). The van der Waals surface area contributed by atoms with Crippen LogP contribution in [0.5, 0.6) is 0 Å². The average molecular weight is 564 g/mol. The number of carbonyl (C=O) groups is 2. The van der Waals surface area contributed by atoms with Gasteiger partial charge in [0.15, 0.2) is 5.13 Å². The number of alkyl carbamates (subject to hydrolysis) is 1. The van der Waals surface area contributed by atoms with Gasteiger partial charge in [0.25, 0.3) is 5.91 Å². The molecule has 0 spiro atoms. The number of aromatic nitrogens is 3. The number of aryl methyl sites for hydroxylation is 2. The monoisotopic (exact) mass is 563 g/mol. The zero-order chi connectivity index (χ0) is 29.1. The highest BCUT2D eigenvalue weighted by molar-refractivity contribution is 7.15. The number of nitrogens with one attached hydrogen (secondary N) is 3. The van der Waals surface area contributed by atoms with E-state index in [2.05, 4.69) is 25.9 Å². The summed E-state index contributed by atoms with van der Waals surface area (Å²) in [6.45, 7) is 10.6. The molecule has 0 saturated heterocycles. The van der Waals surface area contributed by atoms with Gasteiger partial charge >= 0.3 is 6.09 Å². The van der Waals surface area contributed by atoms with Gasteiger partial charge in [0, 0.05) is 29.7 Å². The minimum atomic E-state index is -0.496. The molecule has 3 rings (SSSR count). The van der Waals surface area contributed by atoms with Crippen molar-refractivity contribution in [3.05, 3.63) is 52.3 Å². The molecule has 3 aromatic heterocycles. The second kappa shape index (κ2) is 14.4. The van der Waals surface area contributed by atoms with Crippen molar-refractivity contribution >= 4 is 34.3 Å².